The second-order valence-corrected chi connectivity index (χ2v) is 6.96. The third-order valence-corrected chi connectivity index (χ3v) is 4.88. The van der Waals surface area contributed by atoms with Crippen molar-refractivity contribution in [2.45, 2.75) is 10.9 Å². The Morgan fingerprint density at radius 2 is 2.04 bits per heavy atom. The van der Waals surface area contributed by atoms with E-state index in [0.29, 0.717) is 21.9 Å². The molecule has 0 aliphatic carbocycles. The summed E-state index contributed by atoms with van der Waals surface area (Å²) in [6.07, 6.45) is 0. The largest absolute Gasteiger partial charge is 0.609 e. The molecule has 3 aromatic rings. The molecular weight excluding hydrogens is 326 g/mol. The molecule has 0 fully saturated rings. The number of para-hydroxylation sites is 1. The van der Waals surface area contributed by atoms with Gasteiger partial charge in [-0.3, -0.25) is 4.98 Å². The van der Waals surface area contributed by atoms with Crippen LogP contribution in [0.2, 0.25) is 0 Å². The highest BCUT2D eigenvalue weighted by molar-refractivity contribution is 7.90. The molecule has 1 atom stereocenters. The molecule has 7 heteroatoms. The van der Waals surface area contributed by atoms with Crippen molar-refractivity contribution >= 4 is 33.9 Å². The highest BCUT2D eigenvalue weighted by Crippen LogP contribution is 2.24. The van der Waals surface area contributed by atoms with E-state index in [2.05, 4.69) is 9.97 Å². The van der Waals surface area contributed by atoms with Crippen LogP contribution in [-0.4, -0.2) is 39.7 Å². The third-order valence-electron chi connectivity index (χ3n) is 3.68. The van der Waals surface area contributed by atoms with Crippen LogP contribution in [0, 0.1) is 0 Å². The van der Waals surface area contributed by atoms with Gasteiger partial charge in [0.15, 0.2) is 0 Å². The Morgan fingerprint density at radius 1 is 1.29 bits per heavy atom. The van der Waals surface area contributed by atoms with Crippen LogP contribution in [0.3, 0.4) is 0 Å². The fourth-order valence-corrected chi connectivity index (χ4v) is 3.59. The van der Waals surface area contributed by atoms with Gasteiger partial charge in [-0.2, -0.15) is 4.98 Å². The fourth-order valence-electron chi connectivity index (χ4n) is 2.50. The molecule has 2 N–H and O–H groups in total. The van der Waals surface area contributed by atoms with Gasteiger partial charge >= 0.3 is 11.1 Å². The Labute approximate surface area is 142 Å². The molecule has 0 radical (unpaired) electrons. The number of fused-ring (bicyclic) bond motifs is 1. The number of imidazole rings is 1. The minimum Gasteiger partial charge on any atom is -0.609 e. The average Bonchev–Trinajstić information content (AvgIpc) is 2.98. The molecule has 0 saturated carbocycles. The highest BCUT2D eigenvalue weighted by Gasteiger charge is 2.20. The smallest absolute Gasteiger partial charge is 0.335 e. The number of anilines is 1. The van der Waals surface area contributed by atoms with Crippen LogP contribution in [0.5, 0.6) is 0 Å². The lowest BCUT2D eigenvalue weighted by Gasteiger charge is -2.17. The van der Waals surface area contributed by atoms with Gasteiger partial charge in [-0.1, -0.05) is 18.2 Å². The van der Waals surface area contributed by atoms with E-state index < -0.39 is 17.1 Å². The van der Waals surface area contributed by atoms with E-state index in [9.17, 15) is 9.35 Å². The van der Waals surface area contributed by atoms with Crippen LogP contribution in [0.1, 0.15) is 15.9 Å². The molecule has 1 unspecified atom stereocenters. The Bertz CT molecular complexity index is 892. The summed E-state index contributed by atoms with van der Waals surface area (Å²) >= 11 is -1.35. The van der Waals surface area contributed by atoms with Crippen molar-refractivity contribution in [3.8, 4) is 0 Å². The molecule has 0 saturated heterocycles. The number of aromatic amines is 1. The summed E-state index contributed by atoms with van der Waals surface area (Å²) in [5.74, 6) is -0.678. The molecule has 2 aromatic carbocycles. The van der Waals surface area contributed by atoms with Gasteiger partial charge in [0.05, 0.1) is 16.6 Å². The lowest BCUT2D eigenvalue weighted by molar-refractivity contribution is 0.0697. The second-order valence-electron chi connectivity index (χ2n) is 5.59. The number of rotatable bonds is 5. The Morgan fingerprint density at radius 3 is 2.75 bits per heavy atom. The average molecular weight is 343 g/mol. The lowest BCUT2D eigenvalue weighted by atomic mass is 10.2. The van der Waals surface area contributed by atoms with E-state index >= 15 is 0 Å². The maximum atomic E-state index is 12.7. The summed E-state index contributed by atoms with van der Waals surface area (Å²) in [6, 6.07) is 12.4. The van der Waals surface area contributed by atoms with Crippen molar-refractivity contribution in [1.82, 2.24) is 9.97 Å². The van der Waals surface area contributed by atoms with Crippen LogP contribution in [0.4, 0.5) is 5.69 Å². The van der Waals surface area contributed by atoms with Gasteiger partial charge in [0.1, 0.15) is 5.75 Å². The van der Waals surface area contributed by atoms with Crippen molar-refractivity contribution in [3.63, 3.8) is 0 Å². The van der Waals surface area contributed by atoms with Crippen molar-refractivity contribution in [2.75, 3.05) is 19.0 Å². The summed E-state index contributed by atoms with van der Waals surface area (Å²) in [4.78, 5) is 20.3. The zero-order valence-corrected chi connectivity index (χ0v) is 14.1. The van der Waals surface area contributed by atoms with Gasteiger partial charge in [0.2, 0.25) is 0 Å². The Balaban J connectivity index is 1.89. The van der Waals surface area contributed by atoms with Crippen molar-refractivity contribution in [3.05, 3.63) is 53.6 Å². The van der Waals surface area contributed by atoms with E-state index in [1.54, 1.807) is 6.07 Å². The number of carbonyl (C=O) groups is 1. The van der Waals surface area contributed by atoms with Gasteiger partial charge in [-0.05, 0) is 24.3 Å². The number of carboxylic acid groups (broad SMARTS) is 1. The number of aromatic nitrogens is 2. The summed E-state index contributed by atoms with van der Waals surface area (Å²) in [6.45, 7) is 0. The Kier molecular flexibility index (Phi) is 4.46. The van der Waals surface area contributed by atoms with Crippen molar-refractivity contribution < 1.29 is 14.5 Å². The maximum Gasteiger partial charge on any atom is 0.335 e. The predicted molar refractivity (Wildman–Crippen MR) is 93.9 cm³/mol. The first-order chi connectivity index (χ1) is 11.5. The van der Waals surface area contributed by atoms with E-state index in [-0.39, 0.29) is 5.56 Å². The normalized spacial score (nSPS) is 12.3. The lowest BCUT2D eigenvalue weighted by Crippen LogP contribution is -2.14. The molecule has 6 nitrogen and oxygen atoms in total. The van der Waals surface area contributed by atoms with E-state index in [4.69, 9.17) is 5.11 Å². The molecule has 0 amide bonds. The highest BCUT2D eigenvalue weighted by atomic mass is 32.2. The first-order valence-corrected chi connectivity index (χ1v) is 8.64. The quantitative estimate of drug-likeness (QED) is 0.695. The molecular formula is C17H17N3O3S. The molecule has 24 heavy (non-hydrogen) atoms. The number of carboxylic acids is 1. The molecule has 3 rings (SSSR count). The molecule has 0 spiro atoms. The predicted octanol–water partition coefficient (Wildman–Crippen LogP) is 2.63. The number of benzene rings is 2. The molecule has 124 valence electrons. The standard InChI is InChI=1S/C17H17N3O3S/c1-20(2)15-6-4-3-5-12(15)10-24(23)17-18-13-8-7-11(16(21)22)9-14(13)19-17/h3-9H,10H2,1-2H3,(H,18,19)(H,21,22). The van der Waals surface area contributed by atoms with Gasteiger partial charge in [0, 0.05) is 36.5 Å². The van der Waals surface area contributed by atoms with E-state index in [1.807, 2.05) is 43.3 Å². The topological polar surface area (TPSA) is 92.3 Å². The molecule has 1 aromatic heterocycles. The second kappa shape index (κ2) is 6.54. The zero-order valence-electron chi connectivity index (χ0n) is 13.3. The van der Waals surface area contributed by atoms with Gasteiger partial charge in [0.25, 0.3) is 0 Å². The molecule has 0 aliphatic heterocycles. The number of aromatic carboxylic acids is 1. The van der Waals surface area contributed by atoms with Crippen molar-refractivity contribution in [1.29, 1.82) is 0 Å². The summed E-state index contributed by atoms with van der Waals surface area (Å²) in [5.41, 5.74) is 3.30. The Hall–Kier alpha value is -2.51. The molecule has 0 aliphatic rings. The number of H-pyrrole nitrogens is 1. The fraction of sp³-hybridized carbons (Fsp3) is 0.176. The van der Waals surface area contributed by atoms with Crippen LogP contribution >= 0.6 is 0 Å². The van der Waals surface area contributed by atoms with Crippen LogP contribution in [0.25, 0.3) is 11.0 Å². The number of hydrogen-bond acceptors (Lipinski definition) is 4. The van der Waals surface area contributed by atoms with Crippen LogP contribution < -0.4 is 4.90 Å². The van der Waals surface area contributed by atoms with Crippen LogP contribution in [-0.2, 0) is 16.9 Å². The van der Waals surface area contributed by atoms with E-state index in [0.717, 1.165) is 11.3 Å². The van der Waals surface area contributed by atoms with Crippen LogP contribution in [0.15, 0.2) is 47.6 Å². The van der Waals surface area contributed by atoms with Gasteiger partial charge < -0.3 is 14.6 Å². The number of nitrogens with one attached hydrogen (secondary N) is 1. The number of hydrogen-bond donors (Lipinski definition) is 2. The third kappa shape index (κ3) is 3.22. The maximum absolute atomic E-state index is 12.7. The summed E-state index contributed by atoms with van der Waals surface area (Å²) in [7, 11) is 3.88. The molecule has 1 heterocycles. The minimum atomic E-state index is -1.35. The number of nitrogens with zero attached hydrogens (tertiary/aromatic N) is 2. The van der Waals surface area contributed by atoms with Crippen molar-refractivity contribution in [2.24, 2.45) is 0 Å². The van der Waals surface area contributed by atoms with E-state index in [1.165, 1.54) is 12.1 Å². The zero-order chi connectivity index (χ0) is 17.3. The first kappa shape index (κ1) is 16.4. The van der Waals surface area contributed by atoms with Gasteiger partial charge in [-0.15, -0.1) is 0 Å². The SMILES string of the molecule is CN(C)c1ccccc1C[S+]([O-])c1nc2cc(C(=O)O)ccc2[nH]1. The van der Waals surface area contributed by atoms with Gasteiger partial charge in [-0.25, -0.2) is 4.79 Å². The first-order valence-electron chi connectivity index (χ1n) is 7.32. The molecule has 0 bridgehead atoms. The monoisotopic (exact) mass is 343 g/mol. The minimum absolute atomic E-state index is 0.157. The summed E-state index contributed by atoms with van der Waals surface area (Å²) < 4.78 is 12.7. The summed E-state index contributed by atoms with van der Waals surface area (Å²) in [5, 5.41) is 9.38.